The summed E-state index contributed by atoms with van der Waals surface area (Å²) in [6.45, 7) is 19.2. The molecule has 0 spiro atoms. The number of benzene rings is 3. The Hall–Kier alpha value is -2.64. The minimum absolute atomic E-state index is 0.0802. The van der Waals surface area contributed by atoms with Crippen molar-refractivity contribution < 1.29 is 0 Å². The Labute approximate surface area is 323 Å². The van der Waals surface area contributed by atoms with Gasteiger partial charge in [-0.05, 0) is 116 Å². The maximum Gasteiger partial charge on any atom is 0.161 e. The molecule has 0 heterocycles. The molecule has 3 aromatic carbocycles. The summed E-state index contributed by atoms with van der Waals surface area (Å²) in [5.41, 5.74) is 10.8. The highest BCUT2D eigenvalue weighted by Crippen LogP contribution is 2.53. The lowest BCUT2D eigenvalue weighted by Crippen LogP contribution is -2.73. The minimum Gasteiger partial charge on any atom is -0.0730 e. The second kappa shape index (κ2) is 21.3. The highest BCUT2D eigenvalue weighted by atomic mass is 28.3. The summed E-state index contributed by atoms with van der Waals surface area (Å²) in [5.74, 6) is 0. The van der Waals surface area contributed by atoms with Crippen molar-refractivity contribution in [1.82, 2.24) is 0 Å². The van der Waals surface area contributed by atoms with Gasteiger partial charge in [0.1, 0.15) is 0 Å². The molecule has 52 heavy (non-hydrogen) atoms. The largest absolute Gasteiger partial charge is 0.161 e. The molecule has 1 aliphatic rings. The lowest BCUT2D eigenvalue weighted by atomic mass is 10.00. The van der Waals surface area contributed by atoms with E-state index >= 15 is 0 Å². The summed E-state index contributed by atoms with van der Waals surface area (Å²) in [5, 5.41) is 4.76. The Balaban J connectivity index is 2.06. The van der Waals surface area contributed by atoms with Crippen molar-refractivity contribution in [2.24, 2.45) is 0 Å². The molecular weight excluding hydrogens is 641 g/mol. The average molecular weight is 717 g/mol. The molecule has 0 aliphatic heterocycles. The third kappa shape index (κ3) is 10.3. The Morgan fingerprint density at radius 1 is 0.442 bits per heavy atom. The number of aryl methyl sites for hydroxylation is 4. The lowest BCUT2D eigenvalue weighted by Gasteiger charge is -2.47. The molecule has 0 N–H and O–H groups in total. The smallest absolute Gasteiger partial charge is 0.0730 e. The van der Waals surface area contributed by atoms with E-state index in [0.717, 1.165) is 0 Å². The first-order valence-corrected chi connectivity index (χ1v) is 23.9. The summed E-state index contributed by atoms with van der Waals surface area (Å²) in [7, 11) is -2.74. The molecule has 0 bridgehead atoms. The zero-order valence-corrected chi connectivity index (χ0v) is 36.1. The summed E-state index contributed by atoms with van der Waals surface area (Å²) in [4.78, 5) is 0. The van der Waals surface area contributed by atoms with Gasteiger partial charge in [-0.3, -0.25) is 0 Å². The number of hydrogen-bond donors (Lipinski definition) is 0. The van der Waals surface area contributed by atoms with E-state index in [1.165, 1.54) is 140 Å². The Morgan fingerprint density at radius 3 is 1.12 bits per heavy atom. The summed E-state index contributed by atoms with van der Waals surface area (Å²) >= 11 is 0. The fourth-order valence-corrected chi connectivity index (χ4v) is 15.7. The van der Waals surface area contributed by atoms with Crippen molar-refractivity contribution in [3.8, 4) is 0 Å². The predicted molar refractivity (Wildman–Crippen MR) is 236 cm³/mol. The molecule has 1 aliphatic carbocycles. The summed E-state index contributed by atoms with van der Waals surface area (Å²) in [6.07, 6.45) is 28.5. The van der Waals surface area contributed by atoms with Gasteiger partial charge in [-0.2, -0.15) is 0 Å². The molecular formula is C51H76Si. The zero-order chi connectivity index (χ0) is 37.4. The van der Waals surface area contributed by atoms with Gasteiger partial charge in [-0.15, -0.1) is 0 Å². The number of allylic oxidation sites excluding steroid dienone is 4. The maximum absolute atomic E-state index is 2.74. The van der Waals surface area contributed by atoms with Crippen LogP contribution in [0.2, 0.25) is 5.04 Å². The van der Waals surface area contributed by atoms with Crippen LogP contribution in [0, 0.1) is 0 Å². The first kappa shape index (κ1) is 42.1. The van der Waals surface area contributed by atoms with E-state index in [2.05, 4.69) is 128 Å². The van der Waals surface area contributed by atoms with E-state index in [1.54, 1.807) is 43.4 Å². The lowest BCUT2D eigenvalue weighted by molar-refractivity contribution is 0.661. The monoisotopic (exact) mass is 717 g/mol. The highest BCUT2D eigenvalue weighted by molar-refractivity contribution is 7.14. The van der Waals surface area contributed by atoms with Gasteiger partial charge in [0.05, 0.1) is 0 Å². The SMILES string of the molecule is CCCCCCc1cc(CCCCCC)cc([Si](c2ccccc2)(c2cc(CCCCCC)cc(CCCCCC)c2)C2(C)C=C(C)C(C)=C2C)c1. The van der Waals surface area contributed by atoms with Crippen molar-refractivity contribution in [3.63, 3.8) is 0 Å². The summed E-state index contributed by atoms with van der Waals surface area (Å²) in [6, 6.07) is 28.1. The van der Waals surface area contributed by atoms with Gasteiger partial charge < -0.3 is 0 Å². The molecule has 1 unspecified atom stereocenters. The van der Waals surface area contributed by atoms with Gasteiger partial charge in [0.25, 0.3) is 0 Å². The second-order valence-corrected chi connectivity index (χ2v) is 21.0. The van der Waals surface area contributed by atoms with Crippen LogP contribution in [0.3, 0.4) is 0 Å². The normalized spacial score (nSPS) is 16.2. The van der Waals surface area contributed by atoms with Crippen molar-refractivity contribution in [3.05, 3.63) is 112 Å². The van der Waals surface area contributed by atoms with Crippen molar-refractivity contribution in [1.29, 1.82) is 0 Å². The van der Waals surface area contributed by atoms with Crippen molar-refractivity contribution >= 4 is 23.6 Å². The van der Waals surface area contributed by atoms with Crippen LogP contribution in [0.15, 0.2) is 89.5 Å². The Kier molecular flexibility index (Phi) is 17.2. The molecule has 0 saturated heterocycles. The molecule has 1 heteroatoms. The standard InChI is InChI=1S/C51H76Si/c1-9-13-17-22-28-44-34-45(29-23-18-14-10-2)37-49(36-44)52(48-32-26-21-27-33-48,51(8)40-41(5)42(6)43(51)7)50-38-46(30-24-19-15-11-3)35-47(39-50)31-25-20-16-12-4/h21,26-27,32-40H,9-20,22-25,28-31H2,1-8H3. The van der Waals surface area contributed by atoms with Gasteiger partial charge in [-0.1, -0.05) is 196 Å². The first-order valence-electron chi connectivity index (χ1n) is 21.9. The van der Waals surface area contributed by atoms with Crippen LogP contribution in [0.4, 0.5) is 0 Å². The van der Waals surface area contributed by atoms with Crippen LogP contribution < -0.4 is 15.6 Å². The summed E-state index contributed by atoms with van der Waals surface area (Å²) < 4.78 is 0. The van der Waals surface area contributed by atoms with Gasteiger partial charge in [0, 0.05) is 5.04 Å². The van der Waals surface area contributed by atoms with E-state index in [1.807, 2.05) is 0 Å². The molecule has 0 nitrogen and oxygen atoms in total. The van der Waals surface area contributed by atoms with Crippen molar-refractivity contribution in [2.45, 2.75) is 189 Å². The van der Waals surface area contributed by atoms with Gasteiger partial charge in [0.2, 0.25) is 0 Å². The minimum atomic E-state index is -2.74. The molecule has 1 atom stereocenters. The molecule has 0 aromatic heterocycles. The molecule has 3 aromatic rings. The molecule has 0 saturated carbocycles. The Morgan fingerprint density at radius 2 is 0.808 bits per heavy atom. The van der Waals surface area contributed by atoms with Crippen LogP contribution in [0.25, 0.3) is 0 Å². The van der Waals surface area contributed by atoms with E-state index in [9.17, 15) is 0 Å². The number of unbranched alkanes of at least 4 members (excludes halogenated alkanes) is 12. The second-order valence-electron chi connectivity index (χ2n) is 16.7. The third-order valence-electron chi connectivity index (χ3n) is 12.7. The first-order chi connectivity index (χ1) is 25.2. The van der Waals surface area contributed by atoms with Crippen LogP contribution in [-0.4, -0.2) is 8.07 Å². The molecule has 0 amide bonds. The van der Waals surface area contributed by atoms with Gasteiger partial charge >= 0.3 is 0 Å². The topological polar surface area (TPSA) is 0 Å². The van der Waals surface area contributed by atoms with E-state index < -0.39 is 8.07 Å². The predicted octanol–water partition coefficient (Wildman–Crippen LogP) is 13.7. The maximum atomic E-state index is 2.73. The van der Waals surface area contributed by atoms with Gasteiger partial charge in [0.15, 0.2) is 8.07 Å². The number of rotatable bonds is 24. The quantitative estimate of drug-likeness (QED) is 0.0492. The Bertz CT molecular complexity index is 1440. The van der Waals surface area contributed by atoms with E-state index in [-0.39, 0.29) is 5.04 Å². The van der Waals surface area contributed by atoms with Crippen LogP contribution >= 0.6 is 0 Å². The van der Waals surface area contributed by atoms with Crippen LogP contribution in [0.1, 0.15) is 180 Å². The number of hydrogen-bond acceptors (Lipinski definition) is 0. The molecule has 0 fully saturated rings. The van der Waals surface area contributed by atoms with E-state index in [0.29, 0.717) is 0 Å². The fourth-order valence-electron chi connectivity index (χ4n) is 9.37. The van der Waals surface area contributed by atoms with Crippen molar-refractivity contribution in [2.75, 3.05) is 0 Å². The van der Waals surface area contributed by atoms with Gasteiger partial charge in [-0.25, -0.2) is 0 Å². The molecule has 0 radical (unpaired) electrons. The molecule has 284 valence electrons. The zero-order valence-electron chi connectivity index (χ0n) is 35.1. The molecule has 4 rings (SSSR count). The van der Waals surface area contributed by atoms with Crippen LogP contribution in [-0.2, 0) is 25.7 Å². The van der Waals surface area contributed by atoms with Crippen LogP contribution in [0.5, 0.6) is 0 Å². The third-order valence-corrected chi connectivity index (χ3v) is 18.3. The fraction of sp³-hybridized carbons (Fsp3) is 0.569. The van der Waals surface area contributed by atoms with E-state index in [4.69, 9.17) is 0 Å². The highest BCUT2D eigenvalue weighted by Gasteiger charge is 2.56. The average Bonchev–Trinajstić information content (AvgIpc) is 3.35.